The molecule has 3 fully saturated rings. The van der Waals surface area contributed by atoms with Crippen LogP contribution in [-0.4, -0.2) is 36.5 Å². The van der Waals surface area contributed by atoms with Gasteiger partial charge in [-0.2, -0.15) is 0 Å². The lowest BCUT2D eigenvalue weighted by molar-refractivity contribution is 0.0620. The number of carbonyl (C=O) groups is 1. The standard InChI is InChI=1S/C18H18N2O2/c1-2-12-11-22-17-4-3-14(9-15(12)17)18(21)19-16-10-20-7-5-13(16)6-8-20/h1,3-4,9,11,13,16H,5-8,10H2,(H,19,21). The summed E-state index contributed by atoms with van der Waals surface area (Å²) in [4.78, 5) is 15.0. The molecule has 1 atom stereocenters. The van der Waals surface area contributed by atoms with Crippen LogP contribution in [0.3, 0.4) is 0 Å². The van der Waals surface area contributed by atoms with Crippen molar-refractivity contribution in [3.8, 4) is 12.3 Å². The minimum atomic E-state index is -0.0233. The molecule has 1 N–H and O–H groups in total. The van der Waals surface area contributed by atoms with Crippen molar-refractivity contribution in [1.82, 2.24) is 10.2 Å². The first kappa shape index (κ1) is 13.4. The Morgan fingerprint density at radius 2 is 2.18 bits per heavy atom. The van der Waals surface area contributed by atoms with Gasteiger partial charge in [0.1, 0.15) is 11.8 Å². The van der Waals surface area contributed by atoms with Crippen LogP contribution in [0, 0.1) is 18.3 Å². The SMILES string of the molecule is C#Cc1coc2ccc(C(=O)NC3CN4CCC3CC4)cc12. The van der Waals surface area contributed by atoms with Gasteiger partial charge in [0.25, 0.3) is 5.91 Å². The zero-order valence-corrected chi connectivity index (χ0v) is 12.3. The van der Waals surface area contributed by atoms with E-state index in [1.165, 1.54) is 25.9 Å². The first-order valence-corrected chi connectivity index (χ1v) is 7.75. The third kappa shape index (κ3) is 2.18. The molecule has 3 aliphatic heterocycles. The van der Waals surface area contributed by atoms with E-state index >= 15 is 0 Å². The largest absolute Gasteiger partial charge is 0.463 e. The maximum Gasteiger partial charge on any atom is 0.251 e. The first-order chi connectivity index (χ1) is 10.7. The Morgan fingerprint density at radius 1 is 1.36 bits per heavy atom. The summed E-state index contributed by atoms with van der Waals surface area (Å²) in [7, 11) is 0. The molecule has 0 radical (unpaired) electrons. The molecular weight excluding hydrogens is 276 g/mol. The van der Waals surface area contributed by atoms with E-state index in [1.54, 1.807) is 12.3 Å². The fourth-order valence-electron chi connectivity index (χ4n) is 3.66. The van der Waals surface area contributed by atoms with Gasteiger partial charge >= 0.3 is 0 Å². The number of nitrogens with one attached hydrogen (secondary N) is 1. The summed E-state index contributed by atoms with van der Waals surface area (Å²) in [6, 6.07) is 5.69. The highest BCUT2D eigenvalue weighted by atomic mass is 16.3. The van der Waals surface area contributed by atoms with Crippen LogP contribution in [0.2, 0.25) is 0 Å². The number of benzene rings is 1. The fourth-order valence-corrected chi connectivity index (χ4v) is 3.66. The van der Waals surface area contributed by atoms with Crippen LogP contribution in [0.4, 0.5) is 0 Å². The van der Waals surface area contributed by atoms with Crippen molar-refractivity contribution in [1.29, 1.82) is 0 Å². The van der Waals surface area contributed by atoms with E-state index in [2.05, 4.69) is 16.1 Å². The molecule has 1 aromatic heterocycles. The summed E-state index contributed by atoms with van der Waals surface area (Å²) >= 11 is 0. The molecule has 22 heavy (non-hydrogen) atoms. The number of hydrogen-bond acceptors (Lipinski definition) is 3. The van der Waals surface area contributed by atoms with Crippen molar-refractivity contribution in [3.05, 3.63) is 35.6 Å². The van der Waals surface area contributed by atoms with E-state index in [-0.39, 0.29) is 11.9 Å². The van der Waals surface area contributed by atoms with Crippen LogP contribution in [0.5, 0.6) is 0 Å². The van der Waals surface area contributed by atoms with E-state index in [4.69, 9.17) is 10.8 Å². The average Bonchev–Trinajstić information content (AvgIpc) is 2.98. The lowest BCUT2D eigenvalue weighted by atomic mass is 9.84. The lowest BCUT2D eigenvalue weighted by Crippen LogP contribution is -2.57. The highest BCUT2D eigenvalue weighted by Crippen LogP contribution is 2.28. The normalized spacial score (nSPS) is 26.8. The van der Waals surface area contributed by atoms with Gasteiger partial charge in [-0.1, -0.05) is 5.92 Å². The molecule has 3 saturated heterocycles. The summed E-state index contributed by atoms with van der Waals surface area (Å²) < 4.78 is 5.38. The molecule has 112 valence electrons. The molecule has 2 bridgehead atoms. The van der Waals surface area contributed by atoms with Crippen LogP contribution in [0.25, 0.3) is 11.0 Å². The van der Waals surface area contributed by atoms with Crippen molar-refractivity contribution >= 4 is 16.9 Å². The van der Waals surface area contributed by atoms with Gasteiger partial charge < -0.3 is 14.6 Å². The van der Waals surface area contributed by atoms with Gasteiger partial charge in [-0.3, -0.25) is 4.79 Å². The number of terminal acetylenes is 1. The molecule has 2 aromatic rings. The minimum Gasteiger partial charge on any atom is -0.463 e. The molecule has 0 spiro atoms. The average molecular weight is 294 g/mol. The minimum absolute atomic E-state index is 0.0233. The van der Waals surface area contributed by atoms with E-state index < -0.39 is 0 Å². The molecule has 3 aliphatic rings. The maximum absolute atomic E-state index is 12.5. The van der Waals surface area contributed by atoms with Crippen molar-refractivity contribution in [2.75, 3.05) is 19.6 Å². The number of furan rings is 1. The predicted molar refractivity (Wildman–Crippen MR) is 84.6 cm³/mol. The molecule has 0 aliphatic carbocycles. The van der Waals surface area contributed by atoms with E-state index in [0.29, 0.717) is 22.6 Å². The fraction of sp³-hybridized carbons (Fsp3) is 0.389. The number of fused-ring (bicyclic) bond motifs is 4. The van der Waals surface area contributed by atoms with Gasteiger partial charge in [0.2, 0.25) is 0 Å². The number of amides is 1. The van der Waals surface area contributed by atoms with Crippen molar-refractivity contribution in [2.24, 2.45) is 5.92 Å². The summed E-state index contributed by atoms with van der Waals surface area (Å²) in [6.45, 7) is 3.31. The highest BCUT2D eigenvalue weighted by Gasteiger charge is 2.34. The molecule has 4 nitrogen and oxygen atoms in total. The molecular formula is C18H18N2O2. The van der Waals surface area contributed by atoms with Crippen LogP contribution >= 0.6 is 0 Å². The lowest BCUT2D eigenvalue weighted by Gasteiger charge is -2.44. The maximum atomic E-state index is 12.5. The van der Waals surface area contributed by atoms with E-state index in [0.717, 1.165) is 11.9 Å². The Labute approximate surface area is 129 Å². The van der Waals surface area contributed by atoms with Gasteiger partial charge in [0.15, 0.2) is 0 Å². The van der Waals surface area contributed by atoms with Gasteiger partial charge in [-0.05, 0) is 50.0 Å². The van der Waals surface area contributed by atoms with Gasteiger partial charge in [0, 0.05) is 23.5 Å². The second kappa shape index (κ2) is 5.19. The van der Waals surface area contributed by atoms with Crippen LogP contribution in [-0.2, 0) is 0 Å². The number of rotatable bonds is 2. The molecule has 0 saturated carbocycles. The summed E-state index contributed by atoms with van der Waals surface area (Å²) in [6.07, 6.45) is 9.39. The first-order valence-electron chi connectivity index (χ1n) is 7.75. The van der Waals surface area contributed by atoms with Crippen molar-refractivity contribution in [3.63, 3.8) is 0 Å². The third-order valence-electron chi connectivity index (χ3n) is 4.96. The van der Waals surface area contributed by atoms with Crippen LogP contribution in [0.1, 0.15) is 28.8 Å². The Bertz CT molecular complexity index is 763. The number of hydrogen-bond donors (Lipinski definition) is 1. The predicted octanol–water partition coefficient (Wildman–Crippen LogP) is 2.24. The van der Waals surface area contributed by atoms with Crippen molar-refractivity contribution in [2.45, 2.75) is 18.9 Å². The van der Waals surface area contributed by atoms with Gasteiger partial charge in [-0.25, -0.2) is 0 Å². The summed E-state index contributed by atoms with van der Waals surface area (Å²) in [5.41, 5.74) is 2.04. The van der Waals surface area contributed by atoms with E-state index in [1.807, 2.05) is 12.1 Å². The summed E-state index contributed by atoms with van der Waals surface area (Å²) in [5, 5.41) is 4.02. The number of piperidine rings is 3. The van der Waals surface area contributed by atoms with Gasteiger partial charge in [0.05, 0.1) is 5.56 Å². The molecule has 1 unspecified atom stereocenters. The third-order valence-corrected chi connectivity index (χ3v) is 4.96. The monoisotopic (exact) mass is 294 g/mol. The quantitative estimate of drug-likeness (QED) is 0.864. The van der Waals surface area contributed by atoms with Crippen LogP contribution in [0.15, 0.2) is 28.9 Å². The number of nitrogens with zero attached hydrogens (tertiary/aromatic N) is 1. The molecule has 1 amide bonds. The summed E-state index contributed by atoms with van der Waals surface area (Å²) in [5.74, 6) is 3.18. The Balaban J connectivity index is 1.56. The Morgan fingerprint density at radius 3 is 2.86 bits per heavy atom. The molecule has 4 heteroatoms. The molecule has 4 heterocycles. The van der Waals surface area contributed by atoms with E-state index in [9.17, 15) is 4.79 Å². The second-order valence-corrected chi connectivity index (χ2v) is 6.22. The zero-order chi connectivity index (χ0) is 15.1. The zero-order valence-electron chi connectivity index (χ0n) is 12.3. The highest BCUT2D eigenvalue weighted by molar-refractivity contribution is 5.99. The molecule has 1 aromatic carbocycles. The topological polar surface area (TPSA) is 45.5 Å². The number of carbonyl (C=O) groups excluding carboxylic acids is 1. The van der Waals surface area contributed by atoms with Crippen molar-refractivity contribution < 1.29 is 9.21 Å². The van der Waals surface area contributed by atoms with Gasteiger partial charge in [-0.15, -0.1) is 6.42 Å². The molecule has 5 rings (SSSR count). The Hall–Kier alpha value is -2.25. The second-order valence-electron chi connectivity index (χ2n) is 6.22. The smallest absolute Gasteiger partial charge is 0.251 e. The van der Waals surface area contributed by atoms with Crippen LogP contribution < -0.4 is 5.32 Å². The Kier molecular flexibility index (Phi) is 3.16.